The number of hydrogen-bond acceptors (Lipinski definition) is 4. The first-order valence-corrected chi connectivity index (χ1v) is 6.28. The number of amides is 1. The molecule has 0 fully saturated rings. The van der Waals surface area contributed by atoms with Crippen molar-refractivity contribution in [2.24, 2.45) is 0 Å². The van der Waals surface area contributed by atoms with Gasteiger partial charge in [-0.05, 0) is 20.3 Å². The number of nitrogens with one attached hydrogen (secondary N) is 1. The van der Waals surface area contributed by atoms with Crippen molar-refractivity contribution in [1.29, 1.82) is 0 Å². The summed E-state index contributed by atoms with van der Waals surface area (Å²) in [4.78, 5) is 22.2. The molecule has 15 heavy (non-hydrogen) atoms. The molecule has 4 nitrogen and oxygen atoms in total. The van der Waals surface area contributed by atoms with E-state index < -0.39 is 0 Å². The van der Waals surface area contributed by atoms with Crippen molar-refractivity contribution in [2.45, 2.75) is 33.2 Å². The van der Waals surface area contributed by atoms with E-state index in [2.05, 4.69) is 5.32 Å². The number of carbonyl (C=O) groups is 2. The Balaban J connectivity index is 3.50. The maximum Gasteiger partial charge on any atom is 0.315 e. The Bertz CT molecular complexity index is 209. The zero-order chi connectivity index (χ0) is 11.7. The molecule has 0 aliphatic rings. The van der Waals surface area contributed by atoms with Gasteiger partial charge in [0.2, 0.25) is 5.91 Å². The highest BCUT2D eigenvalue weighted by Crippen LogP contribution is 2.01. The number of carbonyl (C=O) groups excluding carboxylic acids is 2. The molecule has 0 rings (SSSR count). The summed E-state index contributed by atoms with van der Waals surface area (Å²) in [5.41, 5.74) is 0. The van der Waals surface area contributed by atoms with Crippen molar-refractivity contribution >= 4 is 23.6 Å². The van der Waals surface area contributed by atoms with E-state index in [1.165, 1.54) is 11.8 Å². The largest absolute Gasteiger partial charge is 0.465 e. The van der Waals surface area contributed by atoms with Gasteiger partial charge in [0.1, 0.15) is 0 Å². The van der Waals surface area contributed by atoms with E-state index in [1.54, 1.807) is 6.92 Å². The monoisotopic (exact) mass is 233 g/mol. The van der Waals surface area contributed by atoms with Crippen molar-refractivity contribution in [3.63, 3.8) is 0 Å². The fourth-order valence-corrected chi connectivity index (χ4v) is 1.47. The molecular formula is C10H19NO3S. The van der Waals surface area contributed by atoms with Gasteiger partial charge in [-0.25, -0.2) is 0 Å². The highest BCUT2D eigenvalue weighted by atomic mass is 32.2. The Morgan fingerprint density at radius 1 is 1.33 bits per heavy atom. The van der Waals surface area contributed by atoms with Gasteiger partial charge in [0.25, 0.3) is 0 Å². The molecule has 0 aromatic heterocycles. The van der Waals surface area contributed by atoms with Gasteiger partial charge in [0.05, 0.1) is 18.1 Å². The number of ether oxygens (including phenoxy) is 1. The lowest BCUT2D eigenvalue weighted by Crippen LogP contribution is -2.33. The van der Waals surface area contributed by atoms with Crippen LogP contribution in [0.2, 0.25) is 0 Å². The number of rotatable bonds is 7. The van der Waals surface area contributed by atoms with Gasteiger partial charge in [-0.1, -0.05) is 6.92 Å². The van der Waals surface area contributed by atoms with E-state index in [1.807, 2.05) is 13.8 Å². The summed E-state index contributed by atoms with van der Waals surface area (Å²) >= 11 is 1.28. The van der Waals surface area contributed by atoms with Crippen molar-refractivity contribution in [3.05, 3.63) is 0 Å². The molecule has 1 N–H and O–H groups in total. The average Bonchev–Trinajstić information content (AvgIpc) is 2.18. The summed E-state index contributed by atoms with van der Waals surface area (Å²) in [5.74, 6) is 0.253. The van der Waals surface area contributed by atoms with Gasteiger partial charge in [-0.3, -0.25) is 9.59 Å². The minimum absolute atomic E-state index is 0.0290. The van der Waals surface area contributed by atoms with Crippen LogP contribution in [0.4, 0.5) is 0 Å². The smallest absolute Gasteiger partial charge is 0.315 e. The molecule has 0 aromatic carbocycles. The Morgan fingerprint density at radius 2 is 2.00 bits per heavy atom. The normalized spacial score (nSPS) is 11.9. The van der Waals surface area contributed by atoms with E-state index in [9.17, 15) is 9.59 Å². The Hall–Kier alpha value is -0.710. The van der Waals surface area contributed by atoms with Gasteiger partial charge < -0.3 is 10.1 Å². The van der Waals surface area contributed by atoms with E-state index in [0.717, 1.165) is 6.42 Å². The quantitative estimate of drug-likeness (QED) is 0.671. The second-order valence-corrected chi connectivity index (χ2v) is 4.16. The lowest BCUT2D eigenvalue weighted by atomic mass is 10.3. The van der Waals surface area contributed by atoms with Crippen molar-refractivity contribution in [1.82, 2.24) is 5.32 Å². The molecule has 5 heteroatoms. The minimum atomic E-state index is -0.265. The van der Waals surface area contributed by atoms with Crippen LogP contribution in [0.3, 0.4) is 0 Å². The van der Waals surface area contributed by atoms with E-state index in [0.29, 0.717) is 12.4 Å². The number of esters is 1. The van der Waals surface area contributed by atoms with Crippen molar-refractivity contribution < 1.29 is 14.3 Å². The molecule has 0 heterocycles. The molecule has 0 bridgehead atoms. The van der Waals surface area contributed by atoms with Crippen LogP contribution in [-0.4, -0.2) is 36.0 Å². The van der Waals surface area contributed by atoms with Crippen molar-refractivity contribution in [2.75, 3.05) is 18.1 Å². The molecule has 88 valence electrons. The summed E-state index contributed by atoms with van der Waals surface area (Å²) in [5, 5.41) is 2.82. The molecule has 1 atom stereocenters. The van der Waals surface area contributed by atoms with Crippen LogP contribution in [-0.2, 0) is 14.3 Å². The zero-order valence-electron chi connectivity index (χ0n) is 9.54. The highest BCUT2D eigenvalue weighted by Gasteiger charge is 2.07. The Morgan fingerprint density at radius 3 is 2.53 bits per heavy atom. The third kappa shape index (κ3) is 8.30. The molecular weight excluding hydrogens is 214 g/mol. The van der Waals surface area contributed by atoms with Gasteiger partial charge in [0.15, 0.2) is 0 Å². The third-order valence-corrected chi connectivity index (χ3v) is 2.68. The van der Waals surface area contributed by atoms with Crippen LogP contribution in [0.5, 0.6) is 0 Å². The predicted octanol–water partition coefficient (Wildman–Crippen LogP) is 1.20. The van der Waals surface area contributed by atoms with Crippen LogP contribution in [0.25, 0.3) is 0 Å². The van der Waals surface area contributed by atoms with Crippen molar-refractivity contribution in [3.8, 4) is 0 Å². The van der Waals surface area contributed by atoms with Gasteiger partial charge in [-0.15, -0.1) is 11.8 Å². The minimum Gasteiger partial charge on any atom is -0.465 e. The molecule has 0 radical (unpaired) electrons. The standard InChI is InChI=1S/C10H19NO3S/c1-4-8(3)11-9(12)6-15-7-10(13)14-5-2/h8H,4-7H2,1-3H3,(H,11,12). The van der Waals surface area contributed by atoms with Crippen LogP contribution >= 0.6 is 11.8 Å². The maximum atomic E-state index is 11.3. The summed E-state index contributed by atoms with van der Waals surface area (Å²) in [7, 11) is 0. The summed E-state index contributed by atoms with van der Waals surface area (Å²) in [6.45, 7) is 6.11. The van der Waals surface area contributed by atoms with Crippen LogP contribution in [0.15, 0.2) is 0 Å². The molecule has 1 unspecified atom stereocenters. The molecule has 0 saturated heterocycles. The number of thioether (sulfide) groups is 1. The first kappa shape index (κ1) is 14.3. The van der Waals surface area contributed by atoms with Gasteiger partial charge in [0, 0.05) is 6.04 Å². The summed E-state index contributed by atoms with van der Waals surface area (Å²) in [6, 6.07) is 0.195. The fraction of sp³-hybridized carbons (Fsp3) is 0.800. The first-order valence-electron chi connectivity index (χ1n) is 5.12. The van der Waals surface area contributed by atoms with Crippen LogP contribution in [0.1, 0.15) is 27.2 Å². The Labute approximate surface area is 95.1 Å². The fourth-order valence-electron chi connectivity index (χ4n) is 0.848. The second-order valence-electron chi connectivity index (χ2n) is 3.17. The topological polar surface area (TPSA) is 55.4 Å². The predicted molar refractivity (Wildman–Crippen MR) is 61.9 cm³/mol. The summed E-state index contributed by atoms with van der Waals surface area (Å²) in [6.07, 6.45) is 0.911. The maximum absolute atomic E-state index is 11.3. The summed E-state index contributed by atoms with van der Waals surface area (Å²) < 4.78 is 4.73. The van der Waals surface area contributed by atoms with E-state index in [-0.39, 0.29) is 23.7 Å². The lowest BCUT2D eigenvalue weighted by molar-refractivity contribution is -0.139. The molecule has 1 amide bonds. The molecule has 0 aromatic rings. The SMILES string of the molecule is CCOC(=O)CSCC(=O)NC(C)CC. The molecule has 0 aliphatic heterocycles. The third-order valence-electron chi connectivity index (χ3n) is 1.78. The lowest BCUT2D eigenvalue weighted by Gasteiger charge is -2.10. The highest BCUT2D eigenvalue weighted by molar-refractivity contribution is 8.00. The van der Waals surface area contributed by atoms with Gasteiger partial charge >= 0.3 is 5.97 Å². The van der Waals surface area contributed by atoms with E-state index >= 15 is 0 Å². The molecule has 0 aliphatic carbocycles. The van der Waals surface area contributed by atoms with Crippen LogP contribution < -0.4 is 5.32 Å². The molecule has 0 saturated carbocycles. The first-order chi connectivity index (χ1) is 7.10. The number of hydrogen-bond donors (Lipinski definition) is 1. The van der Waals surface area contributed by atoms with Gasteiger partial charge in [-0.2, -0.15) is 0 Å². The van der Waals surface area contributed by atoms with E-state index in [4.69, 9.17) is 4.74 Å². The average molecular weight is 233 g/mol. The van der Waals surface area contributed by atoms with Crippen LogP contribution in [0, 0.1) is 0 Å². The zero-order valence-corrected chi connectivity index (χ0v) is 10.4. The second kappa shape index (κ2) is 8.59. The molecule has 0 spiro atoms. The Kier molecular flexibility index (Phi) is 8.18.